The van der Waals surface area contributed by atoms with Crippen LogP contribution in [0.3, 0.4) is 0 Å². The second-order valence-electron chi connectivity index (χ2n) is 7.33. The number of nitrogens with zero attached hydrogens (tertiary/aromatic N) is 1. The molecule has 2 amide bonds. The smallest absolute Gasteiger partial charge is 0.323 e. The fourth-order valence-corrected chi connectivity index (χ4v) is 3.72. The Morgan fingerprint density at radius 1 is 1.03 bits per heavy atom. The third-order valence-corrected chi connectivity index (χ3v) is 5.33. The van der Waals surface area contributed by atoms with Crippen LogP contribution in [0, 0.1) is 12.8 Å². The average Bonchev–Trinajstić information content (AvgIpc) is 2.74. The molecule has 1 aromatic carbocycles. The number of benzene rings is 1. The molecule has 2 aromatic rings. The highest BCUT2D eigenvalue weighted by atomic mass is 16.5. The van der Waals surface area contributed by atoms with E-state index in [-0.39, 0.29) is 17.9 Å². The number of nitrogens with one attached hydrogen (secondary N) is 2. The van der Waals surface area contributed by atoms with Crippen molar-refractivity contribution in [1.29, 1.82) is 0 Å². The molecule has 29 heavy (non-hydrogen) atoms. The monoisotopic (exact) mass is 397 g/mol. The first-order valence-electron chi connectivity index (χ1n) is 9.76. The van der Waals surface area contributed by atoms with Crippen molar-refractivity contribution >= 4 is 23.4 Å². The van der Waals surface area contributed by atoms with Gasteiger partial charge in [0.25, 0.3) is 0 Å². The molecular formula is C22H27N3O4. The predicted molar refractivity (Wildman–Crippen MR) is 111 cm³/mol. The second kappa shape index (κ2) is 9.41. The Kier molecular flexibility index (Phi) is 6.69. The highest BCUT2D eigenvalue weighted by molar-refractivity contribution is 6.00. The summed E-state index contributed by atoms with van der Waals surface area (Å²) in [5.41, 5.74) is 3.23. The lowest BCUT2D eigenvalue weighted by Gasteiger charge is -2.26. The maximum Gasteiger partial charge on any atom is 0.323 e. The number of carbonyl (C=O) groups is 2. The molecule has 1 aliphatic rings. The number of aryl methyl sites for hydroxylation is 1. The van der Waals surface area contributed by atoms with E-state index in [9.17, 15) is 9.59 Å². The summed E-state index contributed by atoms with van der Waals surface area (Å²) in [6.07, 6.45) is 5.12. The van der Waals surface area contributed by atoms with Gasteiger partial charge in [0, 0.05) is 11.6 Å². The molecule has 0 spiro atoms. The van der Waals surface area contributed by atoms with Crippen LogP contribution in [0.25, 0.3) is 0 Å². The largest absolute Gasteiger partial charge is 0.495 e. The molecule has 1 fully saturated rings. The Hall–Kier alpha value is -3.09. The first kappa shape index (κ1) is 20.6. The first-order valence-corrected chi connectivity index (χ1v) is 9.76. The number of hydrogen-bond acceptors (Lipinski definition) is 5. The van der Waals surface area contributed by atoms with Gasteiger partial charge in [-0.15, -0.1) is 0 Å². The van der Waals surface area contributed by atoms with E-state index in [0.29, 0.717) is 23.0 Å². The topological polar surface area (TPSA) is 89.5 Å². The minimum atomic E-state index is -0.359. The van der Waals surface area contributed by atoms with Crippen LogP contribution in [-0.2, 0) is 9.53 Å². The van der Waals surface area contributed by atoms with Crippen LogP contribution in [-0.4, -0.2) is 31.2 Å². The summed E-state index contributed by atoms with van der Waals surface area (Å²) >= 11 is 0. The first-order chi connectivity index (χ1) is 14.0. The molecule has 7 heteroatoms. The quantitative estimate of drug-likeness (QED) is 0.726. The number of anilines is 2. The van der Waals surface area contributed by atoms with Crippen LogP contribution in [0.5, 0.6) is 5.75 Å². The van der Waals surface area contributed by atoms with Gasteiger partial charge >= 0.3 is 12.0 Å². The molecule has 0 unspecified atom stereocenters. The van der Waals surface area contributed by atoms with E-state index in [1.165, 1.54) is 7.11 Å². The zero-order chi connectivity index (χ0) is 20.8. The summed E-state index contributed by atoms with van der Waals surface area (Å²) in [5.74, 6) is 0.809. The highest BCUT2D eigenvalue weighted by Gasteiger charge is 2.28. The van der Waals surface area contributed by atoms with Gasteiger partial charge in [0.15, 0.2) is 0 Å². The van der Waals surface area contributed by atoms with Crippen molar-refractivity contribution in [1.82, 2.24) is 4.98 Å². The lowest BCUT2D eigenvalue weighted by molar-refractivity contribution is -0.146. The molecule has 2 N–H and O–H groups in total. The molecule has 1 saturated carbocycles. The Labute approximate surface area is 170 Å². The Morgan fingerprint density at radius 2 is 1.79 bits per heavy atom. The van der Waals surface area contributed by atoms with Crippen LogP contribution in [0.1, 0.15) is 42.9 Å². The summed E-state index contributed by atoms with van der Waals surface area (Å²) in [6, 6.07) is 9.01. The molecule has 7 nitrogen and oxygen atoms in total. The number of hydrogen-bond donors (Lipinski definition) is 2. The number of rotatable bonds is 5. The van der Waals surface area contributed by atoms with E-state index in [2.05, 4.69) is 15.6 Å². The van der Waals surface area contributed by atoms with Crippen LogP contribution >= 0.6 is 0 Å². The van der Waals surface area contributed by atoms with E-state index in [0.717, 1.165) is 36.9 Å². The third-order valence-electron chi connectivity index (χ3n) is 5.33. The standard InChI is InChI=1S/C22H27N3O4/c1-14-4-11-20(28-2)19(12-14)25-22(27)24-17-9-10-18(23-13-17)15-5-7-16(8-6-15)21(26)29-3/h4,9-13,15-16H,5-8H2,1-3H3,(H2,24,25,27). The highest BCUT2D eigenvalue weighted by Crippen LogP contribution is 2.35. The van der Waals surface area contributed by atoms with Gasteiger partial charge in [0.05, 0.1) is 37.7 Å². The Morgan fingerprint density at radius 3 is 2.41 bits per heavy atom. The minimum absolute atomic E-state index is 0.000463. The number of ether oxygens (including phenoxy) is 2. The molecule has 3 rings (SSSR count). The number of pyridine rings is 1. The summed E-state index contributed by atoms with van der Waals surface area (Å²) in [6.45, 7) is 1.95. The lowest BCUT2D eigenvalue weighted by Crippen LogP contribution is -2.22. The van der Waals surface area contributed by atoms with Crippen molar-refractivity contribution < 1.29 is 19.1 Å². The van der Waals surface area contributed by atoms with E-state index < -0.39 is 0 Å². The zero-order valence-electron chi connectivity index (χ0n) is 17.0. The summed E-state index contributed by atoms with van der Waals surface area (Å²) in [7, 11) is 3.00. The molecule has 154 valence electrons. The van der Waals surface area contributed by atoms with E-state index in [1.54, 1.807) is 13.3 Å². The number of aromatic nitrogens is 1. The normalized spacial score (nSPS) is 18.6. The molecule has 0 radical (unpaired) electrons. The maximum atomic E-state index is 12.3. The fourth-order valence-electron chi connectivity index (χ4n) is 3.72. The summed E-state index contributed by atoms with van der Waals surface area (Å²) in [5, 5.41) is 5.59. The molecular weight excluding hydrogens is 370 g/mol. The summed E-state index contributed by atoms with van der Waals surface area (Å²) in [4.78, 5) is 28.5. The van der Waals surface area contributed by atoms with Crippen LogP contribution in [0.15, 0.2) is 36.5 Å². The van der Waals surface area contributed by atoms with Crippen molar-refractivity contribution in [3.63, 3.8) is 0 Å². The zero-order valence-corrected chi connectivity index (χ0v) is 17.0. The SMILES string of the molecule is COC(=O)C1CCC(c2ccc(NC(=O)Nc3cc(C)ccc3OC)cn2)CC1. The molecule has 0 aliphatic heterocycles. The van der Waals surface area contributed by atoms with Crippen molar-refractivity contribution in [2.45, 2.75) is 38.5 Å². The van der Waals surface area contributed by atoms with E-state index in [1.807, 2.05) is 37.3 Å². The van der Waals surface area contributed by atoms with E-state index >= 15 is 0 Å². The molecule has 0 bridgehead atoms. The van der Waals surface area contributed by atoms with Gasteiger partial charge in [0.1, 0.15) is 5.75 Å². The molecule has 1 heterocycles. The second-order valence-corrected chi connectivity index (χ2v) is 7.33. The van der Waals surface area contributed by atoms with Gasteiger partial charge in [-0.25, -0.2) is 4.79 Å². The molecule has 0 atom stereocenters. The van der Waals surface area contributed by atoms with Gasteiger partial charge in [0.2, 0.25) is 0 Å². The van der Waals surface area contributed by atoms with E-state index in [4.69, 9.17) is 9.47 Å². The van der Waals surface area contributed by atoms with Crippen molar-refractivity contribution in [3.8, 4) is 5.75 Å². The fraction of sp³-hybridized carbons (Fsp3) is 0.409. The van der Waals surface area contributed by atoms with Crippen LogP contribution < -0.4 is 15.4 Å². The van der Waals surface area contributed by atoms with Crippen molar-refractivity contribution in [3.05, 3.63) is 47.8 Å². The molecule has 0 saturated heterocycles. The van der Waals surface area contributed by atoms with Gasteiger partial charge in [-0.3, -0.25) is 9.78 Å². The van der Waals surface area contributed by atoms with Crippen LogP contribution in [0.4, 0.5) is 16.2 Å². The third kappa shape index (κ3) is 5.25. The van der Waals surface area contributed by atoms with Crippen molar-refractivity contribution in [2.24, 2.45) is 5.92 Å². The van der Waals surface area contributed by atoms with Gasteiger partial charge < -0.3 is 20.1 Å². The molecule has 1 aromatic heterocycles. The van der Waals surface area contributed by atoms with Gasteiger partial charge in [-0.1, -0.05) is 6.07 Å². The minimum Gasteiger partial charge on any atom is -0.495 e. The number of esters is 1. The Bertz CT molecular complexity index is 859. The molecule has 1 aliphatic carbocycles. The lowest BCUT2D eigenvalue weighted by atomic mass is 9.80. The van der Waals surface area contributed by atoms with Crippen LogP contribution in [0.2, 0.25) is 0 Å². The predicted octanol–water partition coefficient (Wildman–Crippen LogP) is 4.49. The van der Waals surface area contributed by atoms with Crippen molar-refractivity contribution in [2.75, 3.05) is 24.9 Å². The number of urea groups is 1. The van der Waals surface area contributed by atoms with Gasteiger partial charge in [-0.2, -0.15) is 0 Å². The Balaban J connectivity index is 1.56. The van der Waals surface area contributed by atoms with Gasteiger partial charge in [-0.05, 0) is 62.4 Å². The average molecular weight is 397 g/mol. The maximum absolute atomic E-state index is 12.3. The number of carbonyl (C=O) groups excluding carboxylic acids is 2. The number of methoxy groups -OCH3 is 2. The summed E-state index contributed by atoms with van der Waals surface area (Å²) < 4.78 is 10.1. The number of amides is 2.